The summed E-state index contributed by atoms with van der Waals surface area (Å²) in [6, 6.07) is 20.3. The molecule has 7 nitrogen and oxygen atoms in total. The largest absolute Gasteiger partial charge is 0.480 e. The SMILES string of the molecule is CC(=O)OC(C)(C)C.CC(C)(OCC(=O)O)[C@H](c1cc(F)cc(F)c1)C1CN([C@@H](c2ccc(Cl)cc2)c2cccc(C#N)c2)C1. The molecular weight excluding hydrogens is 602 g/mol. The second kappa shape index (κ2) is 15.0. The fourth-order valence-electron chi connectivity index (χ4n) is 5.77. The van der Waals surface area contributed by atoms with Crippen molar-refractivity contribution in [2.24, 2.45) is 5.92 Å². The van der Waals surface area contributed by atoms with E-state index in [1.54, 1.807) is 19.9 Å². The number of aliphatic carboxylic acids is 1. The second-order valence-corrected chi connectivity index (χ2v) is 13.0. The number of nitrogens with zero attached hydrogens (tertiary/aromatic N) is 2. The Balaban J connectivity index is 0.000000610. The average molecular weight is 641 g/mol. The summed E-state index contributed by atoms with van der Waals surface area (Å²) in [4.78, 5) is 23.7. The Morgan fingerprint density at radius 1 is 0.978 bits per heavy atom. The number of nitriles is 1. The van der Waals surface area contributed by atoms with E-state index in [9.17, 15) is 28.7 Å². The summed E-state index contributed by atoms with van der Waals surface area (Å²) in [5.41, 5.74) is 1.57. The van der Waals surface area contributed by atoms with E-state index in [-0.39, 0.29) is 23.5 Å². The number of carbonyl (C=O) groups is 2. The smallest absolute Gasteiger partial charge is 0.329 e. The predicted octanol–water partition coefficient (Wildman–Crippen LogP) is 7.52. The van der Waals surface area contributed by atoms with Crippen molar-refractivity contribution >= 4 is 23.5 Å². The Morgan fingerprint density at radius 2 is 1.58 bits per heavy atom. The lowest BCUT2D eigenvalue weighted by molar-refractivity contribution is -0.152. The summed E-state index contributed by atoms with van der Waals surface area (Å²) >= 11 is 6.12. The number of halogens is 3. The fraction of sp³-hybridized carbons (Fsp3) is 0.400. The first kappa shape index (κ1) is 35.6. The van der Waals surface area contributed by atoms with Gasteiger partial charge in [-0.1, -0.05) is 35.9 Å². The number of carboxylic acids is 1. The van der Waals surface area contributed by atoms with Gasteiger partial charge in [-0.15, -0.1) is 0 Å². The number of hydrogen-bond donors (Lipinski definition) is 1. The molecule has 3 aromatic carbocycles. The van der Waals surface area contributed by atoms with Gasteiger partial charge in [0.05, 0.1) is 23.3 Å². The van der Waals surface area contributed by atoms with Crippen LogP contribution in [0.15, 0.2) is 66.7 Å². The summed E-state index contributed by atoms with van der Waals surface area (Å²) in [6.45, 7) is 11.0. The first-order chi connectivity index (χ1) is 21.0. The van der Waals surface area contributed by atoms with Crippen molar-refractivity contribution in [1.29, 1.82) is 5.26 Å². The number of benzene rings is 3. The van der Waals surface area contributed by atoms with Gasteiger partial charge in [0.2, 0.25) is 0 Å². The van der Waals surface area contributed by atoms with Crippen LogP contribution in [0.3, 0.4) is 0 Å². The van der Waals surface area contributed by atoms with Gasteiger partial charge in [-0.2, -0.15) is 5.26 Å². The van der Waals surface area contributed by atoms with Gasteiger partial charge in [0.25, 0.3) is 0 Å². The molecule has 0 bridgehead atoms. The molecule has 4 rings (SSSR count). The van der Waals surface area contributed by atoms with Crippen LogP contribution < -0.4 is 0 Å². The summed E-state index contributed by atoms with van der Waals surface area (Å²) in [5.74, 6) is -3.27. The highest BCUT2D eigenvalue weighted by Gasteiger charge is 2.46. The Morgan fingerprint density at radius 3 is 2.07 bits per heavy atom. The maximum atomic E-state index is 14.2. The van der Waals surface area contributed by atoms with E-state index < -0.39 is 35.7 Å². The van der Waals surface area contributed by atoms with Crippen molar-refractivity contribution in [3.05, 3.63) is 106 Å². The van der Waals surface area contributed by atoms with Crippen LogP contribution in [0.4, 0.5) is 8.78 Å². The van der Waals surface area contributed by atoms with Crippen LogP contribution in [-0.4, -0.2) is 52.8 Å². The molecule has 0 saturated carbocycles. The Bertz CT molecular complexity index is 1510. The van der Waals surface area contributed by atoms with Crippen LogP contribution in [0.25, 0.3) is 0 Å². The lowest BCUT2D eigenvalue weighted by Crippen LogP contribution is -2.55. The van der Waals surface area contributed by atoms with Crippen molar-refractivity contribution in [3.8, 4) is 6.07 Å². The van der Waals surface area contributed by atoms with Crippen molar-refractivity contribution in [3.63, 3.8) is 0 Å². The van der Waals surface area contributed by atoms with E-state index in [0.717, 1.165) is 17.2 Å². The zero-order valence-electron chi connectivity index (χ0n) is 26.3. The molecule has 0 aliphatic carbocycles. The summed E-state index contributed by atoms with van der Waals surface area (Å²) in [6.07, 6.45) is 0. The molecule has 1 N–H and O–H groups in total. The fourth-order valence-corrected chi connectivity index (χ4v) is 5.90. The Kier molecular flexibility index (Phi) is 11.8. The third-order valence-corrected chi connectivity index (χ3v) is 7.55. The quantitative estimate of drug-likeness (QED) is 0.241. The van der Waals surface area contributed by atoms with Crippen LogP contribution in [0, 0.1) is 28.9 Å². The van der Waals surface area contributed by atoms with Gasteiger partial charge in [-0.05, 0) is 93.6 Å². The molecular formula is C35H39ClF2N2O5. The Labute approximate surface area is 268 Å². The molecule has 1 fully saturated rings. The molecule has 0 radical (unpaired) electrons. The van der Waals surface area contributed by atoms with E-state index in [4.69, 9.17) is 21.1 Å². The van der Waals surface area contributed by atoms with Gasteiger partial charge in [-0.3, -0.25) is 9.69 Å². The predicted molar refractivity (Wildman–Crippen MR) is 168 cm³/mol. The number of hydrogen-bond acceptors (Lipinski definition) is 6. The molecule has 0 aromatic heterocycles. The molecule has 1 heterocycles. The van der Waals surface area contributed by atoms with Crippen LogP contribution in [-0.2, 0) is 19.1 Å². The van der Waals surface area contributed by atoms with Gasteiger partial charge in [0, 0.05) is 37.0 Å². The first-order valence-corrected chi connectivity index (χ1v) is 14.9. The van der Waals surface area contributed by atoms with E-state index in [1.165, 1.54) is 19.1 Å². The highest BCUT2D eigenvalue weighted by molar-refractivity contribution is 6.30. The van der Waals surface area contributed by atoms with Gasteiger partial charge >= 0.3 is 11.9 Å². The molecule has 3 aromatic rings. The average Bonchev–Trinajstić information content (AvgIpc) is 2.90. The minimum absolute atomic E-state index is 0.0704. The molecule has 240 valence electrons. The van der Waals surface area contributed by atoms with Gasteiger partial charge in [0.1, 0.15) is 23.8 Å². The number of ether oxygens (including phenoxy) is 2. The number of carboxylic acid groups (broad SMARTS) is 1. The molecule has 1 saturated heterocycles. The van der Waals surface area contributed by atoms with E-state index >= 15 is 0 Å². The van der Waals surface area contributed by atoms with E-state index in [0.29, 0.717) is 29.2 Å². The van der Waals surface area contributed by atoms with Crippen molar-refractivity contribution < 1.29 is 33.0 Å². The summed E-state index contributed by atoms with van der Waals surface area (Å²) < 4.78 is 38.9. The maximum Gasteiger partial charge on any atom is 0.329 e. The van der Waals surface area contributed by atoms with Crippen molar-refractivity contribution in [2.45, 2.75) is 64.7 Å². The van der Waals surface area contributed by atoms with Crippen LogP contribution in [0.5, 0.6) is 0 Å². The van der Waals surface area contributed by atoms with Crippen LogP contribution in [0.2, 0.25) is 5.02 Å². The minimum atomic E-state index is -1.12. The first-order valence-electron chi connectivity index (χ1n) is 14.5. The zero-order valence-corrected chi connectivity index (χ0v) is 27.1. The number of esters is 1. The molecule has 0 spiro atoms. The third-order valence-electron chi connectivity index (χ3n) is 7.30. The highest BCUT2D eigenvalue weighted by atomic mass is 35.5. The lowest BCUT2D eigenvalue weighted by atomic mass is 9.71. The third kappa shape index (κ3) is 10.4. The maximum absolute atomic E-state index is 14.2. The van der Waals surface area contributed by atoms with E-state index in [2.05, 4.69) is 11.0 Å². The number of rotatable bonds is 9. The van der Waals surface area contributed by atoms with Crippen molar-refractivity contribution in [2.75, 3.05) is 19.7 Å². The minimum Gasteiger partial charge on any atom is -0.480 e. The summed E-state index contributed by atoms with van der Waals surface area (Å²) in [7, 11) is 0. The molecule has 45 heavy (non-hydrogen) atoms. The van der Waals surface area contributed by atoms with Crippen LogP contribution in [0.1, 0.15) is 75.8 Å². The highest BCUT2D eigenvalue weighted by Crippen LogP contribution is 2.45. The molecule has 10 heteroatoms. The molecule has 1 aliphatic heterocycles. The molecule has 0 amide bonds. The number of likely N-dealkylation sites (tertiary alicyclic amines) is 1. The topological polar surface area (TPSA) is 99.9 Å². The molecule has 2 atom stereocenters. The molecule has 1 aliphatic rings. The normalized spacial score (nSPS) is 15.1. The standard InChI is InChI=1S/C29H27ClF2N2O3.C6H12O2/c1-29(2,37-17-26(35)36)27(21-11-24(31)13-25(32)12-21)22-15-34(16-22)28(19-6-8-23(30)9-7-19)20-5-3-4-18(10-20)14-33;1-5(7)8-6(2,3)4/h3-13,22,27-28H,15-17H2,1-2H3,(H,35,36);1-4H3/t27-,28+;/m1./s1. The zero-order chi connectivity index (χ0) is 33.5. The molecule has 0 unspecified atom stereocenters. The summed E-state index contributed by atoms with van der Waals surface area (Å²) in [5, 5.41) is 19.2. The monoisotopic (exact) mass is 640 g/mol. The van der Waals surface area contributed by atoms with Crippen LogP contribution >= 0.6 is 11.6 Å². The second-order valence-electron chi connectivity index (χ2n) is 12.6. The van der Waals surface area contributed by atoms with Crippen molar-refractivity contribution in [1.82, 2.24) is 4.90 Å². The van der Waals surface area contributed by atoms with E-state index in [1.807, 2.05) is 63.2 Å². The van der Waals surface area contributed by atoms with Gasteiger partial charge in [-0.25, -0.2) is 13.6 Å². The Hall–Kier alpha value is -3.84. The van der Waals surface area contributed by atoms with Gasteiger partial charge in [0.15, 0.2) is 0 Å². The lowest BCUT2D eigenvalue weighted by Gasteiger charge is -2.51. The number of carbonyl (C=O) groups excluding carboxylic acids is 1. The van der Waals surface area contributed by atoms with Gasteiger partial charge < -0.3 is 14.6 Å².